The van der Waals surface area contributed by atoms with E-state index in [1.54, 1.807) is 37.5 Å². The second-order valence-electron chi connectivity index (χ2n) is 5.58. The van der Waals surface area contributed by atoms with Crippen molar-refractivity contribution in [1.29, 1.82) is 0 Å². The van der Waals surface area contributed by atoms with Gasteiger partial charge < -0.3 is 4.57 Å². The highest BCUT2D eigenvalue weighted by Crippen LogP contribution is 2.32. The van der Waals surface area contributed by atoms with Crippen LogP contribution in [0.3, 0.4) is 0 Å². The molecule has 1 aromatic carbocycles. The Morgan fingerprint density at radius 3 is 2.28 bits per heavy atom. The van der Waals surface area contributed by atoms with Crippen LogP contribution in [0.15, 0.2) is 78.5 Å². The maximum atomic E-state index is 4.59. The molecule has 0 spiro atoms. The second kappa shape index (κ2) is 5.40. The Labute approximate surface area is 143 Å². The molecule has 4 heterocycles. The van der Waals surface area contributed by atoms with Crippen LogP contribution in [-0.4, -0.2) is 25.9 Å². The molecule has 1 aliphatic heterocycles. The molecule has 0 saturated carbocycles. The van der Waals surface area contributed by atoms with E-state index in [0.717, 1.165) is 33.2 Å². The number of benzene rings is 1. The predicted octanol–water partition coefficient (Wildman–Crippen LogP) is 3.44. The first kappa shape index (κ1) is 13.7. The lowest BCUT2D eigenvalue weighted by Crippen LogP contribution is -2.14. The van der Waals surface area contributed by atoms with Gasteiger partial charge in [-0.15, -0.1) is 0 Å². The molecular weight excluding hydrogens is 312 g/mol. The Bertz CT molecular complexity index is 1180. The molecule has 0 amide bonds. The van der Waals surface area contributed by atoms with Crippen LogP contribution in [-0.2, 0) is 0 Å². The number of hydrogen-bond acceptors (Lipinski definition) is 5. The highest BCUT2D eigenvalue weighted by atomic mass is 15.1. The zero-order chi connectivity index (χ0) is 16.6. The van der Waals surface area contributed by atoms with Gasteiger partial charge in [0.15, 0.2) is 0 Å². The maximum Gasteiger partial charge on any atom is 0.100 e. The topological polar surface area (TPSA) is 59.2 Å². The third-order valence-electron chi connectivity index (χ3n) is 4.19. The van der Waals surface area contributed by atoms with Crippen molar-refractivity contribution in [2.24, 2.45) is 4.99 Å². The van der Waals surface area contributed by atoms with E-state index < -0.39 is 0 Å². The van der Waals surface area contributed by atoms with Gasteiger partial charge in [-0.2, -0.15) is 0 Å². The van der Waals surface area contributed by atoms with Crippen LogP contribution >= 0.6 is 0 Å². The molecule has 0 bridgehead atoms. The zero-order valence-corrected chi connectivity index (χ0v) is 13.1. The molecule has 0 fully saturated rings. The summed E-state index contributed by atoms with van der Waals surface area (Å²) in [5.74, 6) is 0. The molecule has 0 atom stereocenters. The van der Waals surface area contributed by atoms with E-state index >= 15 is 0 Å². The molecule has 1 aliphatic rings. The van der Waals surface area contributed by atoms with Crippen molar-refractivity contribution in [3.8, 4) is 5.69 Å². The maximum absolute atomic E-state index is 4.59. The molecule has 3 aromatic heterocycles. The largest absolute Gasteiger partial charge is 0.306 e. The summed E-state index contributed by atoms with van der Waals surface area (Å²) < 4.78 is 1.98. The smallest absolute Gasteiger partial charge is 0.100 e. The highest BCUT2D eigenvalue weighted by Gasteiger charge is 2.13. The Morgan fingerprint density at radius 1 is 0.840 bits per heavy atom. The zero-order valence-electron chi connectivity index (χ0n) is 13.1. The van der Waals surface area contributed by atoms with Gasteiger partial charge >= 0.3 is 0 Å². The number of nitrogens with zero attached hydrogens (tertiary/aromatic N) is 6. The van der Waals surface area contributed by atoms with Crippen LogP contribution in [0.2, 0.25) is 0 Å². The summed E-state index contributed by atoms with van der Waals surface area (Å²) in [6.07, 6.45) is 14.3. The standard InChI is InChI=1S/C19H12N6/c1-6-20-12-24(10-1)16-4-7-22-18-14(16)2-3-15-17(5-8-23-19(15)18)25-11-9-21-13-25/h2-13H. The number of hydrogen-bond donors (Lipinski definition) is 0. The van der Waals surface area contributed by atoms with Crippen molar-refractivity contribution in [3.05, 3.63) is 73.5 Å². The van der Waals surface area contributed by atoms with Gasteiger partial charge in [0.2, 0.25) is 0 Å². The van der Waals surface area contributed by atoms with Crippen molar-refractivity contribution in [2.45, 2.75) is 0 Å². The van der Waals surface area contributed by atoms with Gasteiger partial charge in [-0.3, -0.25) is 14.9 Å². The van der Waals surface area contributed by atoms with Gasteiger partial charge in [-0.1, -0.05) is 5.73 Å². The van der Waals surface area contributed by atoms with Gasteiger partial charge in [0.1, 0.15) is 6.34 Å². The first-order chi connectivity index (χ1) is 12.4. The average Bonchev–Trinajstić information content (AvgIpc) is 3.22. The van der Waals surface area contributed by atoms with Crippen LogP contribution in [0.25, 0.3) is 27.5 Å². The van der Waals surface area contributed by atoms with Gasteiger partial charge in [-0.05, 0) is 24.3 Å². The van der Waals surface area contributed by atoms with Crippen molar-refractivity contribution < 1.29 is 0 Å². The molecule has 6 heteroatoms. The summed E-state index contributed by atoms with van der Waals surface area (Å²) in [7, 11) is 0. The van der Waals surface area contributed by atoms with Gasteiger partial charge in [0.05, 0.1) is 41.1 Å². The normalized spacial score (nSPS) is 13.2. The molecule has 6 nitrogen and oxygen atoms in total. The van der Waals surface area contributed by atoms with Crippen molar-refractivity contribution in [3.63, 3.8) is 0 Å². The molecular formula is C19H12N6. The number of aliphatic imine (C=N–C) groups is 1. The Morgan fingerprint density at radius 2 is 1.60 bits per heavy atom. The van der Waals surface area contributed by atoms with Crippen LogP contribution in [0.4, 0.5) is 5.69 Å². The minimum Gasteiger partial charge on any atom is -0.306 e. The number of anilines is 1. The summed E-state index contributed by atoms with van der Waals surface area (Å²) in [5.41, 5.74) is 6.73. The second-order valence-corrected chi connectivity index (χ2v) is 5.58. The molecule has 0 saturated heterocycles. The number of imidazole rings is 1. The first-order valence-corrected chi connectivity index (χ1v) is 7.79. The lowest BCUT2D eigenvalue weighted by molar-refractivity contribution is 1.06. The van der Waals surface area contributed by atoms with Gasteiger partial charge in [0.25, 0.3) is 0 Å². The quantitative estimate of drug-likeness (QED) is 0.418. The van der Waals surface area contributed by atoms with E-state index in [0.29, 0.717) is 0 Å². The molecule has 0 radical (unpaired) electrons. The minimum absolute atomic E-state index is 0.855. The van der Waals surface area contributed by atoms with Gasteiger partial charge in [-0.25, -0.2) is 9.98 Å². The summed E-state index contributed by atoms with van der Waals surface area (Å²) in [6.45, 7) is 0. The SMILES string of the molecule is C1=CN=CN(c2ccnc3c2ccc2c(-n4ccnc4)ccnc23)C=1. The third kappa shape index (κ3) is 2.13. The molecule has 0 aliphatic carbocycles. The number of fused-ring (bicyclic) bond motifs is 3. The molecule has 0 unspecified atom stereocenters. The van der Waals surface area contributed by atoms with Crippen molar-refractivity contribution in [1.82, 2.24) is 19.5 Å². The van der Waals surface area contributed by atoms with E-state index in [2.05, 4.69) is 37.8 Å². The molecule has 4 aromatic rings. The monoisotopic (exact) mass is 324 g/mol. The van der Waals surface area contributed by atoms with Crippen LogP contribution in [0.1, 0.15) is 0 Å². The lowest BCUT2D eigenvalue weighted by atomic mass is 10.1. The molecule has 25 heavy (non-hydrogen) atoms. The van der Waals surface area contributed by atoms with E-state index in [1.807, 2.05) is 34.0 Å². The fourth-order valence-corrected chi connectivity index (χ4v) is 3.08. The average molecular weight is 324 g/mol. The van der Waals surface area contributed by atoms with Crippen molar-refractivity contribution >= 4 is 33.8 Å². The Hall–Kier alpha value is -3.76. The van der Waals surface area contributed by atoms with Gasteiger partial charge in [0, 0.05) is 35.6 Å². The van der Waals surface area contributed by atoms with E-state index in [-0.39, 0.29) is 0 Å². The van der Waals surface area contributed by atoms with E-state index in [4.69, 9.17) is 0 Å². The minimum atomic E-state index is 0.855. The fourth-order valence-electron chi connectivity index (χ4n) is 3.08. The lowest BCUT2D eigenvalue weighted by Gasteiger charge is -2.17. The number of aromatic nitrogens is 4. The molecule has 5 rings (SSSR count). The van der Waals surface area contributed by atoms with Crippen LogP contribution < -0.4 is 4.90 Å². The fraction of sp³-hybridized carbons (Fsp3) is 0. The summed E-state index contributed by atoms with van der Waals surface area (Å²) >= 11 is 0. The highest BCUT2D eigenvalue weighted by molar-refractivity contribution is 6.11. The van der Waals surface area contributed by atoms with Crippen LogP contribution in [0.5, 0.6) is 0 Å². The molecule has 118 valence electrons. The van der Waals surface area contributed by atoms with Crippen LogP contribution in [0, 0.1) is 0 Å². The first-order valence-electron chi connectivity index (χ1n) is 7.79. The van der Waals surface area contributed by atoms with E-state index in [9.17, 15) is 0 Å². The Balaban J connectivity index is 1.81. The summed E-state index contributed by atoms with van der Waals surface area (Å²) in [5, 5.41) is 2.04. The number of pyridine rings is 2. The predicted molar refractivity (Wildman–Crippen MR) is 97.8 cm³/mol. The van der Waals surface area contributed by atoms with Crippen molar-refractivity contribution in [2.75, 3.05) is 4.90 Å². The summed E-state index contributed by atoms with van der Waals surface area (Å²) in [6, 6.07) is 8.09. The third-order valence-corrected chi connectivity index (χ3v) is 4.19. The van der Waals surface area contributed by atoms with E-state index in [1.165, 1.54) is 0 Å². The Kier molecular flexibility index (Phi) is 2.95. The molecule has 0 N–H and O–H groups in total. The number of rotatable bonds is 2. The summed E-state index contributed by atoms with van der Waals surface area (Å²) in [4.78, 5) is 19.4.